The fraction of sp³-hybridized carbons (Fsp3) is 0.385. The number of halogens is 1. The first kappa shape index (κ1) is 14.8. The molecule has 0 unspecified atom stereocenters. The maximum absolute atomic E-state index is 13.2. The number of nitrogens with one attached hydrogen (secondary N) is 2. The summed E-state index contributed by atoms with van der Waals surface area (Å²) >= 11 is 0. The van der Waals surface area contributed by atoms with Gasteiger partial charge >= 0.3 is 6.03 Å². The van der Waals surface area contributed by atoms with E-state index in [1.54, 1.807) is 0 Å². The lowest BCUT2D eigenvalue weighted by Crippen LogP contribution is -2.37. The van der Waals surface area contributed by atoms with Crippen molar-refractivity contribution in [1.82, 2.24) is 5.32 Å². The summed E-state index contributed by atoms with van der Waals surface area (Å²) in [5.74, 6) is -0.182. The van der Waals surface area contributed by atoms with Crippen molar-refractivity contribution in [3.05, 3.63) is 24.0 Å². The Hall–Kier alpha value is -2.29. The van der Waals surface area contributed by atoms with Crippen LogP contribution in [-0.4, -0.2) is 19.2 Å². The number of benzene rings is 1. The molecule has 5 nitrogen and oxygen atoms in total. The zero-order valence-corrected chi connectivity index (χ0v) is 10.9. The average Bonchev–Trinajstić information content (AvgIpc) is 2.37. The van der Waals surface area contributed by atoms with Crippen molar-refractivity contribution >= 4 is 11.7 Å². The molecule has 0 radical (unpaired) electrons. The second-order valence-electron chi connectivity index (χ2n) is 3.95. The monoisotopic (exact) mass is 265 g/mol. The molecule has 6 heteroatoms. The van der Waals surface area contributed by atoms with E-state index in [0.717, 1.165) is 0 Å². The van der Waals surface area contributed by atoms with E-state index in [9.17, 15) is 9.18 Å². The van der Waals surface area contributed by atoms with Crippen molar-refractivity contribution in [2.45, 2.75) is 25.8 Å². The zero-order valence-electron chi connectivity index (χ0n) is 10.9. The summed E-state index contributed by atoms with van der Waals surface area (Å²) in [4.78, 5) is 11.7. The summed E-state index contributed by atoms with van der Waals surface area (Å²) in [6, 6.07) is 5.21. The molecule has 1 aromatic rings. The molecular weight excluding hydrogens is 249 g/mol. The third-order valence-electron chi connectivity index (χ3n) is 2.53. The van der Waals surface area contributed by atoms with Gasteiger partial charge in [0.15, 0.2) is 0 Å². The molecule has 0 aliphatic rings. The Morgan fingerprint density at radius 2 is 2.26 bits per heavy atom. The molecule has 0 aromatic heterocycles. The van der Waals surface area contributed by atoms with Crippen LogP contribution in [0.25, 0.3) is 0 Å². The molecule has 0 saturated carbocycles. The summed E-state index contributed by atoms with van der Waals surface area (Å²) in [5.41, 5.74) is 0.293. The number of rotatable bonds is 5. The third-order valence-corrected chi connectivity index (χ3v) is 2.53. The topological polar surface area (TPSA) is 74.2 Å². The molecule has 1 rings (SSSR count). The maximum atomic E-state index is 13.2. The van der Waals surface area contributed by atoms with Crippen molar-refractivity contribution in [2.75, 3.05) is 12.4 Å². The minimum atomic E-state index is -0.501. The number of nitrogens with zero attached hydrogens (tertiary/aromatic N) is 1. The number of ether oxygens (including phenoxy) is 1. The minimum absolute atomic E-state index is 0.222. The molecule has 1 atom stereocenters. The molecule has 0 spiro atoms. The van der Waals surface area contributed by atoms with Crippen molar-refractivity contribution in [2.24, 2.45) is 0 Å². The zero-order chi connectivity index (χ0) is 14.3. The van der Waals surface area contributed by atoms with Crippen molar-refractivity contribution in [1.29, 1.82) is 5.26 Å². The molecule has 19 heavy (non-hydrogen) atoms. The van der Waals surface area contributed by atoms with Crippen molar-refractivity contribution in [3.8, 4) is 11.8 Å². The predicted molar refractivity (Wildman–Crippen MR) is 69.4 cm³/mol. The molecule has 0 saturated heterocycles. The van der Waals surface area contributed by atoms with Gasteiger partial charge in [0.1, 0.15) is 11.6 Å². The lowest BCUT2D eigenvalue weighted by atomic mass is 10.2. The predicted octanol–water partition coefficient (Wildman–Crippen LogP) is 2.65. The van der Waals surface area contributed by atoms with Gasteiger partial charge in [-0.2, -0.15) is 5.26 Å². The third kappa shape index (κ3) is 4.84. The lowest BCUT2D eigenvalue weighted by Gasteiger charge is -2.14. The number of hydrogen-bond donors (Lipinski definition) is 2. The first-order valence-electron chi connectivity index (χ1n) is 5.88. The second kappa shape index (κ2) is 7.21. The van der Waals surface area contributed by atoms with Crippen molar-refractivity contribution in [3.63, 3.8) is 0 Å². The Labute approximate surface area is 111 Å². The highest BCUT2D eigenvalue weighted by atomic mass is 19.1. The highest BCUT2D eigenvalue weighted by Crippen LogP contribution is 2.19. The molecule has 0 heterocycles. The normalized spacial score (nSPS) is 11.3. The number of amides is 2. The van der Waals surface area contributed by atoms with Gasteiger partial charge in [0.25, 0.3) is 0 Å². The highest BCUT2D eigenvalue weighted by molar-refractivity contribution is 5.89. The first-order chi connectivity index (χ1) is 9.08. The fourth-order valence-electron chi connectivity index (χ4n) is 1.51. The van der Waals surface area contributed by atoms with Gasteiger partial charge in [-0.15, -0.1) is 0 Å². The number of urea groups is 1. The van der Waals surface area contributed by atoms with Crippen LogP contribution in [0.1, 0.15) is 19.8 Å². The molecular formula is C13H16FN3O2. The van der Waals surface area contributed by atoms with Crippen molar-refractivity contribution < 1.29 is 13.9 Å². The van der Waals surface area contributed by atoms with E-state index in [1.165, 1.54) is 25.3 Å². The average molecular weight is 265 g/mol. The fourth-order valence-corrected chi connectivity index (χ4v) is 1.51. The summed E-state index contributed by atoms with van der Waals surface area (Å²) in [6.07, 6.45) is 0.879. The number of carbonyl (C=O) groups is 1. The molecule has 0 bridgehead atoms. The van der Waals surface area contributed by atoms with Crippen LogP contribution in [0.5, 0.6) is 5.75 Å². The number of hydrogen-bond acceptors (Lipinski definition) is 3. The Balaban J connectivity index is 2.66. The number of nitriles is 1. The Kier molecular flexibility index (Phi) is 5.61. The quantitative estimate of drug-likeness (QED) is 0.859. The molecule has 0 fully saturated rings. The summed E-state index contributed by atoms with van der Waals surface area (Å²) in [6.45, 7) is 1.87. The van der Waals surface area contributed by atoms with E-state index >= 15 is 0 Å². The lowest BCUT2D eigenvalue weighted by molar-refractivity contribution is 0.248. The first-order valence-corrected chi connectivity index (χ1v) is 5.88. The van der Waals surface area contributed by atoms with Crippen LogP contribution >= 0.6 is 0 Å². The van der Waals surface area contributed by atoms with Crippen LogP contribution in [0.15, 0.2) is 18.2 Å². The molecule has 2 amide bonds. The smallest absolute Gasteiger partial charge is 0.319 e. The Morgan fingerprint density at radius 1 is 1.53 bits per heavy atom. The van der Waals surface area contributed by atoms with E-state index in [4.69, 9.17) is 10.00 Å². The van der Waals surface area contributed by atoms with E-state index < -0.39 is 11.8 Å². The summed E-state index contributed by atoms with van der Waals surface area (Å²) < 4.78 is 18.1. The summed E-state index contributed by atoms with van der Waals surface area (Å²) in [5, 5.41) is 13.7. The molecule has 0 aliphatic carbocycles. The van der Waals surface area contributed by atoms with Gasteiger partial charge in [-0.1, -0.05) is 6.92 Å². The van der Waals surface area contributed by atoms with Gasteiger partial charge in [0.2, 0.25) is 0 Å². The summed E-state index contributed by atoms with van der Waals surface area (Å²) in [7, 11) is 1.42. The van der Waals surface area contributed by atoms with Gasteiger partial charge in [0, 0.05) is 23.9 Å². The number of methoxy groups -OCH3 is 1. The molecule has 102 valence electrons. The largest absolute Gasteiger partial charge is 0.497 e. The van der Waals surface area contributed by atoms with Gasteiger partial charge in [-0.3, -0.25) is 0 Å². The van der Waals surface area contributed by atoms with Crippen LogP contribution in [0.3, 0.4) is 0 Å². The van der Waals surface area contributed by atoms with Gasteiger partial charge < -0.3 is 15.4 Å². The SMILES string of the molecule is CC[C@H](CC#N)NC(=O)Nc1cc(F)cc(OC)c1. The van der Waals surface area contributed by atoms with Crippen LogP contribution in [-0.2, 0) is 0 Å². The van der Waals surface area contributed by atoms with Crippen LogP contribution in [0.2, 0.25) is 0 Å². The molecule has 1 aromatic carbocycles. The van der Waals surface area contributed by atoms with E-state index in [2.05, 4.69) is 10.6 Å². The van der Waals surface area contributed by atoms with Gasteiger partial charge in [-0.05, 0) is 12.5 Å². The Morgan fingerprint density at radius 3 is 2.84 bits per heavy atom. The van der Waals surface area contributed by atoms with Gasteiger partial charge in [-0.25, -0.2) is 9.18 Å². The van der Waals surface area contributed by atoms with E-state index in [1.807, 2.05) is 13.0 Å². The minimum Gasteiger partial charge on any atom is -0.497 e. The Bertz CT molecular complexity index is 485. The highest BCUT2D eigenvalue weighted by Gasteiger charge is 2.10. The van der Waals surface area contributed by atoms with E-state index in [-0.39, 0.29) is 12.5 Å². The van der Waals surface area contributed by atoms with Crippen LogP contribution in [0.4, 0.5) is 14.9 Å². The number of carbonyl (C=O) groups excluding carboxylic acids is 1. The number of anilines is 1. The van der Waals surface area contributed by atoms with Gasteiger partial charge in [0.05, 0.1) is 19.6 Å². The maximum Gasteiger partial charge on any atom is 0.319 e. The van der Waals surface area contributed by atoms with E-state index in [0.29, 0.717) is 17.9 Å². The second-order valence-corrected chi connectivity index (χ2v) is 3.95. The standard InChI is InChI=1S/C13H16FN3O2/c1-3-10(4-5-15)16-13(18)17-11-6-9(14)7-12(8-11)19-2/h6-8,10H,3-4H2,1-2H3,(H2,16,17,18)/t10-/m1/s1. The molecule has 0 aliphatic heterocycles. The van der Waals surface area contributed by atoms with Crippen LogP contribution in [0, 0.1) is 17.1 Å². The molecule has 2 N–H and O–H groups in total. The van der Waals surface area contributed by atoms with Crippen LogP contribution < -0.4 is 15.4 Å².